The minimum Gasteiger partial charge on any atom is -0.445 e. The van der Waals surface area contributed by atoms with Crippen LogP contribution >= 0.6 is 15.9 Å². The highest BCUT2D eigenvalue weighted by molar-refractivity contribution is 9.08. The Morgan fingerprint density at radius 1 is 1.03 bits per heavy atom. The van der Waals surface area contributed by atoms with Crippen molar-refractivity contribution in [3.63, 3.8) is 0 Å². The molecule has 0 radical (unpaired) electrons. The van der Waals surface area contributed by atoms with Gasteiger partial charge in [-0.2, -0.15) is 0 Å². The summed E-state index contributed by atoms with van der Waals surface area (Å²) >= 11 is 3.50. The molecular weight excluding hydrogens is 457 g/mol. The summed E-state index contributed by atoms with van der Waals surface area (Å²) in [6.45, 7) is 8.52. The zero-order chi connectivity index (χ0) is 22.5. The molecule has 3 rings (SSSR count). The largest absolute Gasteiger partial charge is 0.492 e. The molecule has 31 heavy (non-hydrogen) atoms. The molecule has 0 atom stereocenters. The van der Waals surface area contributed by atoms with E-state index in [-0.39, 0.29) is 13.2 Å². The monoisotopic (exact) mass is 485 g/mol. The van der Waals surface area contributed by atoms with Gasteiger partial charge in [-0.1, -0.05) is 76.6 Å². The second-order valence-corrected chi connectivity index (χ2v) is 9.16. The van der Waals surface area contributed by atoms with Crippen LogP contribution in [0.1, 0.15) is 44.4 Å². The molecule has 1 N–H and O–H groups in total. The van der Waals surface area contributed by atoms with Gasteiger partial charge in [-0.15, -0.1) is 0 Å². The fourth-order valence-corrected chi connectivity index (χ4v) is 3.47. The SMILES string of the molecule is CC1(C)OB(C(=Cc2cccc(CBr)c2)CNC(=O)OCc2ccccc2)OC1(C)C. The maximum Gasteiger partial charge on any atom is 0.492 e. The number of hydrogen-bond donors (Lipinski definition) is 1. The van der Waals surface area contributed by atoms with Gasteiger partial charge < -0.3 is 19.4 Å². The molecule has 0 aromatic heterocycles. The molecule has 5 nitrogen and oxygen atoms in total. The van der Waals surface area contributed by atoms with Crippen molar-refractivity contribution in [1.82, 2.24) is 5.32 Å². The molecule has 0 aliphatic carbocycles. The highest BCUT2D eigenvalue weighted by atomic mass is 79.9. The number of carbonyl (C=O) groups is 1. The Hall–Kier alpha value is -2.09. The Morgan fingerprint density at radius 2 is 1.68 bits per heavy atom. The lowest BCUT2D eigenvalue weighted by atomic mass is 9.77. The van der Waals surface area contributed by atoms with Gasteiger partial charge in [-0.25, -0.2) is 4.79 Å². The van der Waals surface area contributed by atoms with E-state index < -0.39 is 24.4 Å². The van der Waals surface area contributed by atoms with E-state index in [1.165, 1.54) is 0 Å². The lowest BCUT2D eigenvalue weighted by Gasteiger charge is -2.32. The van der Waals surface area contributed by atoms with E-state index in [1.54, 1.807) is 0 Å². The van der Waals surface area contributed by atoms with Crippen molar-refractivity contribution in [2.75, 3.05) is 6.54 Å². The molecule has 1 fully saturated rings. The molecule has 2 aromatic carbocycles. The summed E-state index contributed by atoms with van der Waals surface area (Å²) in [5, 5.41) is 3.60. The number of amides is 1. The lowest BCUT2D eigenvalue weighted by molar-refractivity contribution is 0.00578. The summed E-state index contributed by atoms with van der Waals surface area (Å²) in [7, 11) is -0.563. The smallest absolute Gasteiger partial charge is 0.445 e. The van der Waals surface area contributed by atoms with Gasteiger partial charge in [-0.3, -0.25) is 0 Å². The van der Waals surface area contributed by atoms with Crippen molar-refractivity contribution < 1.29 is 18.8 Å². The number of alkyl halides is 1. The molecule has 1 saturated heterocycles. The van der Waals surface area contributed by atoms with Crippen LogP contribution < -0.4 is 5.32 Å². The van der Waals surface area contributed by atoms with Crippen LogP contribution in [0.4, 0.5) is 4.79 Å². The zero-order valence-corrected chi connectivity index (χ0v) is 20.1. The number of nitrogens with one attached hydrogen (secondary N) is 1. The summed E-state index contributed by atoms with van der Waals surface area (Å²) in [6.07, 6.45) is 1.52. The lowest BCUT2D eigenvalue weighted by Crippen LogP contribution is -2.41. The number of halogens is 1. The van der Waals surface area contributed by atoms with E-state index in [1.807, 2.05) is 76.2 Å². The van der Waals surface area contributed by atoms with Crippen molar-refractivity contribution in [3.8, 4) is 0 Å². The van der Waals surface area contributed by atoms with Crippen LogP contribution in [0, 0.1) is 0 Å². The second-order valence-electron chi connectivity index (χ2n) is 8.60. The molecule has 0 saturated carbocycles. The van der Waals surface area contributed by atoms with E-state index in [4.69, 9.17) is 14.0 Å². The van der Waals surface area contributed by atoms with E-state index in [9.17, 15) is 4.79 Å². The van der Waals surface area contributed by atoms with Gasteiger partial charge in [-0.05, 0) is 49.9 Å². The number of carbonyl (C=O) groups excluding carboxylic acids is 1. The Kier molecular flexibility index (Phi) is 7.62. The minimum absolute atomic E-state index is 0.218. The summed E-state index contributed by atoms with van der Waals surface area (Å²) in [5.41, 5.74) is 3.00. The Morgan fingerprint density at radius 3 is 2.32 bits per heavy atom. The van der Waals surface area contributed by atoms with E-state index >= 15 is 0 Å². The predicted molar refractivity (Wildman–Crippen MR) is 128 cm³/mol. The second kappa shape index (κ2) is 10.0. The highest BCUT2D eigenvalue weighted by Gasteiger charge is 2.52. The van der Waals surface area contributed by atoms with E-state index in [0.717, 1.165) is 27.5 Å². The van der Waals surface area contributed by atoms with Gasteiger partial charge >= 0.3 is 13.2 Å². The van der Waals surface area contributed by atoms with Gasteiger partial charge in [0.05, 0.1) is 11.2 Å². The van der Waals surface area contributed by atoms with Crippen molar-refractivity contribution in [2.45, 2.75) is 50.8 Å². The third-order valence-electron chi connectivity index (χ3n) is 5.66. The third-order valence-corrected chi connectivity index (χ3v) is 6.31. The molecule has 0 bridgehead atoms. The summed E-state index contributed by atoms with van der Waals surface area (Å²) in [5.74, 6) is 0. The van der Waals surface area contributed by atoms with Gasteiger partial charge in [0, 0.05) is 11.9 Å². The first-order valence-electron chi connectivity index (χ1n) is 10.4. The molecule has 164 valence electrons. The van der Waals surface area contributed by atoms with Crippen LogP contribution in [0.2, 0.25) is 0 Å². The normalized spacial score (nSPS) is 17.5. The average Bonchev–Trinajstić information content (AvgIpc) is 2.97. The molecule has 1 amide bonds. The number of hydrogen-bond acceptors (Lipinski definition) is 4. The van der Waals surface area contributed by atoms with Crippen molar-refractivity contribution in [1.29, 1.82) is 0 Å². The van der Waals surface area contributed by atoms with Gasteiger partial charge in [0.25, 0.3) is 0 Å². The number of ether oxygens (including phenoxy) is 1. The molecule has 0 spiro atoms. The Labute approximate surface area is 193 Å². The standard InChI is InChI=1S/C24H29BBrNO4/c1-23(2)24(3,4)31-25(30-23)21(14-19-11-8-12-20(13-19)15-26)16-27-22(28)29-17-18-9-6-5-7-10-18/h5-14H,15-17H2,1-4H3,(H,27,28). The third kappa shape index (κ3) is 6.22. The highest BCUT2D eigenvalue weighted by Crippen LogP contribution is 2.38. The van der Waals surface area contributed by atoms with Crippen LogP contribution in [0.5, 0.6) is 0 Å². The first-order valence-corrected chi connectivity index (χ1v) is 11.5. The number of benzene rings is 2. The Balaban J connectivity index is 1.73. The Bertz CT molecular complexity index is 914. The van der Waals surface area contributed by atoms with Crippen LogP contribution in [0.25, 0.3) is 6.08 Å². The van der Waals surface area contributed by atoms with Crippen molar-refractivity contribution in [2.24, 2.45) is 0 Å². The van der Waals surface area contributed by atoms with Gasteiger partial charge in [0.1, 0.15) is 6.61 Å². The van der Waals surface area contributed by atoms with E-state index in [0.29, 0.717) is 0 Å². The molecule has 2 aromatic rings. The fraction of sp³-hybridized carbons (Fsp3) is 0.375. The van der Waals surface area contributed by atoms with Crippen molar-refractivity contribution >= 4 is 35.2 Å². The molecule has 0 unspecified atom stereocenters. The van der Waals surface area contributed by atoms with Gasteiger partial charge in [0.2, 0.25) is 0 Å². The zero-order valence-electron chi connectivity index (χ0n) is 18.5. The molecule has 1 heterocycles. The fourth-order valence-electron chi connectivity index (χ4n) is 3.13. The van der Waals surface area contributed by atoms with E-state index in [2.05, 4.69) is 33.4 Å². The topological polar surface area (TPSA) is 56.8 Å². The number of alkyl carbamates (subject to hydrolysis) is 1. The first kappa shape index (κ1) is 23.6. The minimum atomic E-state index is -0.563. The van der Waals surface area contributed by atoms with Gasteiger partial charge in [0.15, 0.2) is 0 Å². The maximum absolute atomic E-state index is 12.3. The summed E-state index contributed by atoms with van der Waals surface area (Å²) < 4.78 is 17.8. The van der Waals surface area contributed by atoms with Crippen LogP contribution in [0.15, 0.2) is 60.1 Å². The molecule has 1 aliphatic heterocycles. The van der Waals surface area contributed by atoms with Crippen LogP contribution in [-0.4, -0.2) is 31.0 Å². The molecule has 1 aliphatic rings. The molecular formula is C24H29BBrNO4. The average molecular weight is 486 g/mol. The van der Waals surface area contributed by atoms with Crippen molar-refractivity contribution in [3.05, 3.63) is 76.8 Å². The number of rotatable bonds is 7. The summed E-state index contributed by atoms with van der Waals surface area (Å²) in [4.78, 5) is 12.3. The maximum atomic E-state index is 12.3. The first-order chi connectivity index (χ1) is 14.7. The predicted octanol–water partition coefficient (Wildman–Crippen LogP) is 5.52. The van der Waals surface area contributed by atoms with Crippen LogP contribution in [0.3, 0.4) is 0 Å². The molecule has 7 heteroatoms. The summed E-state index contributed by atoms with van der Waals surface area (Å²) in [6, 6.07) is 17.8. The quantitative estimate of drug-likeness (QED) is 0.414. The van der Waals surface area contributed by atoms with Crippen LogP contribution in [-0.2, 0) is 26.0 Å².